The van der Waals surface area contributed by atoms with Crippen LogP contribution in [0, 0.1) is 5.92 Å². The van der Waals surface area contributed by atoms with E-state index in [1.807, 2.05) is 42.5 Å². The average molecular weight is 551 g/mol. The minimum absolute atomic E-state index is 0. The summed E-state index contributed by atoms with van der Waals surface area (Å²) in [5.41, 5.74) is 2.07. The molecule has 1 saturated heterocycles. The van der Waals surface area contributed by atoms with Crippen molar-refractivity contribution in [2.45, 2.75) is 39.3 Å². The molecule has 1 aromatic heterocycles. The van der Waals surface area contributed by atoms with Crippen molar-refractivity contribution in [3.05, 3.63) is 59.8 Å². The second-order valence-corrected chi connectivity index (χ2v) is 7.72. The van der Waals surface area contributed by atoms with Gasteiger partial charge in [0.15, 0.2) is 5.96 Å². The molecule has 174 valence electrons. The van der Waals surface area contributed by atoms with Crippen LogP contribution in [0.15, 0.2) is 53.7 Å². The van der Waals surface area contributed by atoms with Crippen LogP contribution in [0.5, 0.6) is 5.88 Å². The Morgan fingerprint density at radius 3 is 2.62 bits per heavy atom. The fraction of sp³-hybridized carbons (Fsp3) is 0.458. The highest BCUT2D eigenvalue weighted by Gasteiger charge is 2.23. The molecule has 32 heavy (non-hydrogen) atoms. The van der Waals surface area contributed by atoms with Gasteiger partial charge in [-0.05, 0) is 37.3 Å². The number of piperidine rings is 1. The van der Waals surface area contributed by atoms with Gasteiger partial charge < -0.3 is 20.3 Å². The molecular formula is C24H34IN5O2. The molecule has 7 nitrogen and oxygen atoms in total. The molecule has 0 saturated carbocycles. The highest BCUT2D eigenvalue weighted by atomic mass is 127. The lowest BCUT2D eigenvalue weighted by Crippen LogP contribution is -2.46. The smallest absolute Gasteiger partial charge is 0.220 e. The van der Waals surface area contributed by atoms with E-state index in [1.165, 1.54) is 0 Å². The number of nitrogens with zero attached hydrogens (tertiary/aromatic N) is 3. The van der Waals surface area contributed by atoms with E-state index in [9.17, 15) is 4.79 Å². The Morgan fingerprint density at radius 1 is 1.19 bits per heavy atom. The molecule has 2 N–H and O–H groups in total. The molecule has 1 aliphatic rings. The number of carbonyl (C=O) groups is 1. The fourth-order valence-corrected chi connectivity index (χ4v) is 3.70. The zero-order chi connectivity index (χ0) is 21.9. The molecule has 2 heterocycles. The third kappa shape index (κ3) is 7.96. The lowest BCUT2D eigenvalue weighted by atomic mass is 9.93. The highest BCUT2D eigenvalue weighted by Crippen LogP contribution is 2.21. The molecule has 8 heteroatoms. The molecule has 1 aliphatic heterocycles. The van der Waals surface area contributed by atoms with Gasteiger partial charge in [-0.2, -0.15) is 0 Å². The Balaban J connectivity index is 0.00000363. The number of nitrogens with one attached hydrogen (secondary N) is 2. The van der Waals surface area contributed by atoms with Gasteiger partial charge in [0.1, 0.15) is 6.61 Å². The molecular weight excluding hydrogens is 517 g/mol. The molecule has 0 unspecified atom stereocenters. The number of amides is 1. The summed E-state index contributed by atoms with van der Waals surface area (Å²) < 4.78 is 5.97. The Hall–Kier alpha value is -2.36. The maximum Gasteiger partial charge on any atom is 0.220 e. The van der Waals surface area contributed by atoms with Crippen LogP contribution in [-0.4, -0.2) is 48.4 Å². The number of benzene rings is 1. The Bertz CT molecular complexity index is 854. The van der Waals surface area contributed by atoms with Gasteiger partial charge in [0.25, 0.3) is 0 Å². The first-order valence-electron chi connectivity index (χ1n) is 11.0. The van der Waals surface area contributed by atoms with E-state index < -0.39 is 0 Å². The second-order valence-electron chi connectivity index (χ2n) is 7.72. The summed E-state index contributed by atoms with van der Waals surface area (Å²) in [4.78, 5) is 23.2. The highest BCUT2D eigenvalue weighted by molar-refractivity contribution is 14.0. The van der Waals surface area contributed by atoms with Crippen molar-refractivity contribution in [2.24, 2.45) is 10.9 Å². The summed E-state index contributed by atoms with van der Waals surface area (Å²) in [6, 6.07) is 14.0. The molecule has 0 atom stereocenters. The van der Waals surface area contributed by atoms with Gasteiger partial charge in [-0.3, -0.25) is 4.79 Å². The van der Waals surface area contributed by atoms with Gasteiger partial charge in [0, 0.05) is 44.9 Å². The van der Waals surface area contributed by atoms with Crippen molar-refractivity contribution in [2.75, 3.05) is 26.7 Å². The van der Waals surface area contributed by atoms with E-state index in [-0.39, 0.29) is 29.9 Å². The summed E-state index contributed by atoms with van der Waals surface area (Å²) >= 11 is 0. The van der Waals surface area contributed by atoms with Crippen LogP contribution in [0.3, 0.4) is 0 Å². The fourth-order valence-electron chi connectivity index (χ4n) is 3.70. The van der Waals surface area contributed by atoms with E-state index in [4.69, 9.17) is 9.73 Å². The zero-order valence-electron chi connectivity index (χ0n) is 18.9. The maximum atomic E-state index is 11.7. The van der Waals surface area contributed by atoms with E-state index in [0.717, 1.165) is 49.6 Å². The van der Waals surface area contributed by atoms with E-state index in [0.29, 0.717) is 31.4 Å². The molecule has 2 aromatic rings. The monoisotopic (exact) mass is 551 g/mol. The van der Waals surface area contributed by atoms with E-state index in [2.05, 4.69) is 27.4 Å². The summed E-state index contributed by atoms with van der Waals surface area (Å²) in [6.45, 7) is 5.66. The first kappa shape index (κ1) is 25.9. The van der Waals surface area contributed by atoms with Crippen molar-refractivity contribution in [1.29, 1.82) is 0 Å². The molecule has 0 aliphatic carbocycles. The van der Waals surface area contributed by atoms with Gasteiger partial charge in [-0.15, -0.1) is 24.0 Å². The normalized spacial score (nSPS) is 14.4. The number of aliphatic imine (C=N–C) groups is 1. The number of pyridine rings is 1. The van der Waals surface area contributed by atoms with Crippen LogP contribution in [0.4, 0.5) is 0 Å². The van der Waals surface area contributed by atoms with Crippen LogP contribution in [0.25, 0.3) is 0 Å². The molecule has 1 amide bonds. The minimum atomic E-state index is 0. The quantitative estimate of drug-likeness (QED) is 0.298. The number of aromatic nitrogens is 1. The number of hydrogen-bond acceptors (Lipinski definition) is 4. The molecule has 0 radical (unpaired) electrons. The van der Waals surface area contributed by atoms with Crippen molar-refractivity contribution in [3.8, 4) is 5.88 Å². The first-order chi connectivity index (χ1) is 15.2. The van der Waals surface area contributed by atoms with Crippen LogP contribution < -0.4 is 15.4 Å². The number of carbonyl (C=O) groups excluding carboxylic acids is 1. The van der Waals surface area contributed by atoms with Crippen LogP contribution in [0.2, 0.25) is 0 Å². The third-order valence-electron chi connectivity index (χ3n) is 5.47. The second kappa shape index (κ2) is 13.9. The first-order valence-corrected chi connectivity index (χ1v) is 11.0. The van der Waals surface area contributed by atoms with Gasteiger partial charge in [-0.25, -0.2) is 9.98 Å². The molecule has 1 fully saturated rings. The maximum absolute atomic E-state index is 11.7. The van der Waals surface area contributed by atoms with Crippen molar-refractivity contribution >= 4 is 35.8 Å². The molecule has 1 aromatic carbocycles. The van der Waals surface area contributed by atoms with Gasteiger partial charge in [0.2, 0.25) is 11.8 Å². The number of hydrogen-bond donors (Lipinski definition) is 2. The third-order valence-corrected chi connectivity index (χ3v) is 5.47. The molecule has 0 bridgehead atoms. The largest absolute Gasteiger partial charge is 0.473 e. The van der Waals surface area contributed by atoms with Gasteiger partial charge in [-0.1, -0.05) is 36.4 Å². The number of halogens is 1. The summed E-state index contributed by atoms with van der Waals surface area (Å²) in [6.07, 6.45) is 4.35. The standard InChI is InChI=1S/C24H33N5O2.HI/c1-3-26-24(29-14-11-19(12-15-29)16-22(30)25-2)28-17-21-10-7-13-27-23(21)31-18-20-8-5-4-6-9-20;/h4-10,13,19H,3,11-12,14-18H2,1-2H3,(H,25,30)(H,26,28);1H. The van der Waals surface area contributed by atoms with Crippen LogP contribution in [-0.2, 0) is 17.9 Å². The lowest BCUT2D eigenvalue weighted by molar-refractivity contribution is -0.121. The van der Waals surface area contributed by atoms with Crippen LogP contribution >= 0.6 is 24.0 Å². The number of likely N-dealkylation sites (tertiary alicyclic amines) is 1. The summed E-state index contributed by atoms with van der Waals surface area (Å²) in [5.74, 6) is 2.09. The SMILES string of the molecule is CCNC(=NCc1cccnc1OCc1ccccc1)N1CCC(CC(=O)NC)CC1.I. The average Bonchev–Trinajstić information content (AvgIpc) is 2.82. The molecule has 0 spiro atoms. The van der Waals surface area contributed by atoms with Gasteiger partial charge in [0.05, 0.1) is 6.54 Å². The number of rotatable bonds is 8. The topological polar surface area (TPSA) is 78.9 Å². The zero-order valence-corrected chi connectivity index (χ0v) is 21.2. The van der Waals surface area contributed by atoms with Crippen molar-refractivity contribution in [1.82, 2.24) is 20.5 Å². The Morgan fingerprint density at radius 2 is 1.94 bits per heavy atom. The number of guanidine groups is 1. The number of ether oxygens (including phenoxy) is 1. The molecule has 3 rings (SSSR count). The minimum Gasteiger partial charge on any atom is -0.473 e. The van der Waals surface area contributed by atoms with E-state index in [1.54, 1.807) is 13.2 Å². The predicted octanol–water partition coefficient (Wildman–Crippen LogP) is 3.59. The lowest BCUT2D eigenvalue weighted by Gasteiger charge is -2.34. The van der Waals surface area contributed by atoms with E-state index >= 15 is 0 Å². The Labute approximate surface area is 208 Å². The van der Waals surface area contributed by atoms with Crippen LogP contribution in [0.1, 0.15) is 37.3 Å². The van der Waals surface area contributed by atoms with Crippen molar-refractivity contribution in [3.63, 3.8) is 0 Å². The summed E-state index contributed by atoms with van der Waals surface area (Å²) in [5, 5.41) is 6.13. The van der Waals surface area contributed by atoms with Crippen molar-refractivity contribution < 1.29 is 9.53 Å². The Kier molecular flexibility index (Phi) is 11.3. The van der Waals surface area contributed by atoms with Gasteiger partial charge >= 0.3 is 0 Å². The predicted molar refractivity (Wildman–Crippen MR) is 138 cm³/mol. The summed E-state index contributed by atoms with van der Waals surface area (Å²) in [7, 11) is 1.70.